The first-order valence-corrected chi connectivity index (χ1v) is 4.17. The monoisotopic (exact) mass is 175 g/mol. The molecule has 0 fully saturated rings. The van der Waals surface area contributed by atoms with Crippen molar-refractivity contribution < 1.29 is 5.11 Å². The van der Waals surface area contributed by atoms with Crippen LogP contribution in [0, 0.1) is 12.3 Å². The van der Waals surface area contributed by atoms with Crippen molar-refractivity contribution in [3.63, 3.8) is 0 Å². The molecule has 0 radical (unpaired) electrons. The summed E-state index contributed by atoms with van der Waals surface area (Å²) in [6.45, 7) is 0. The summed E-state index contributed by atoms with van der Waals surface area (Å²) in [5, 5.41) is 9.23. The summed E-state index contributed by atoms with van der Waals surface area (Å²) in [4.78, 5) is 0. The van der Waals surface area contributed by atoms with E-state index in [1.165, 1.54) is 0 Å². The fourth-order valence-electron chi connectivity index (χ4n) is 1.12. The minimum Gasteiger partial charge on any atom is -0.379 e. The van der Waals surface area contributed by atoms with Crippen molar-refractivity contribution in [3.05, 3.63) is 35.9 Å². The number of terminal acetylenes is 1. The second kappa shape index (κ2) is 4.66. The number of aliphatic hydroxyl groups excluding tert-OH is 1. The van der Waals surface area contributed by atoms with E-state index in [1.807, 2.05) is 30.3 Å². The molecule has 0 bridgehead atoms. The SMILES string of the molecule is C#C[C@H](O)[C@H](N)Cc1ccccc1. The molecule has 0 spiro atoms. The lowest BCUT2D eigenvalue weighted by Crippen LogP contribution is -2.35. The van der Waals surface area contributed by atoms with Crippen molar-refractivity contribution in [3.8, 4) is 12.3 Å². The molecule has 13 heavy (non-hydrogen) atoms. The maximum Gasteiger partial charge on any atom is 0.129 e. The lowest BCUT2D eigenvalue weighted by molar-refractivity contribution is 0.200. The van der Waals surface area contributed by atoms with E-state index < -0.39 is 6.10 Å². The molecule has 0 saturated carbocycles. The van der Waals surface area contributed by atoms with E-state index in [4.69, 9.17) is 12.2 Å². The molecule has 0 aliphatic rings. The second-order valence-electron chi connectivity index (χ2n) is 2.97. The normalized spacial score (nSPS) is 14.5. The number of nitrogens with two attached hydrogens (primary N) is 1. The molecule has 0 saturated heterocycles. The highest BCUT2D eigenvalue weighted by Crippen LogP contribution is 2.03. The smallest absolute Gasteiger partial charge is 0.129 e. The molecule has 3 N–H and O–H groups in total. The number of hydrogen-bond acceptors (Lipinski definition) is 2. The second-order valence-corrected chi connectivity index (χ2v) is 2.97. The van der Waals surface area contributed by atoms with E-state index in [0.717, 1.165) is 5.56 Å². The fraction of sp³-hybridized carbons (Fsp3) is 0.273. The zero-order chi connectivity index (χ0) is 9.68. The summed E-state index contributed by atoms with van der Waals surface area (Å²) in [6, 6.07) is 9.35. The van der Waals surface area contributed by atoms with Crippen LogP contribution in [0.4, 0.5) is 0 Å². The zero-order valence-electron chi connectivity index (χ0n) is 7.35. The van der Waals surface area contributed by atoms with Crippen LogP contribution in [0.1, 0.15) is 5.56 Å². The molecule has 0 aliphatic carbocycles. The molecule has 2 atom stereocenters. The molecule has 1 aromatic rings. The molecule has 0 unspecified atom stereocenters. The molecular formula is C11H13NO. The van der Waals surface area contributed by atoms with Crippen LogP contribution in [0.25, 0.3) is 0 Å². The number of rotatable bonds is 3. The molecule has 2 heteroatoms. The van der Waals surface area contributed by atoms with Crippen LogP contribution in [-0.4, -0.2) is 17.3 Å². The molecular weight excluding hydrogens is 162 g/mol. The number of aliphatic hydroxyl groups is 1. The van der Waals surface area contributed by atoms with E-state index in [1.54, 1.807) is 0 Å². The van der Waals surface area contributed by atoms with E-state index >= 15 is 0 Å². The molecule has 0 heterocycles. The van der Waals surface area contributed by atoms with Gasteiger partial charge in [0.25, 0.3) is 0 Å². The first-order valence-electron chi connectivity index (χ1n) is 4.17. The first-order chi connectivity index (χ1) is 6.24. The summed E-state index contributed by atoms with van der Waals surface area (Å²) in [5.41, 5.74) is 6.75. The Kier molecular flexibility index (Phi) is 3.51. The van der Waals surface area contributed by atoms with Crippen molar-refractivity contribution in [2.24, 2.45) is 5.73 Å². The summed E-state index contributed by atoms with van der Waals surface area (Å²) in [5.74, 6) is 2.22. The van der Waals surface area contributed by atoms with Gasteiger partial charge in [0.2, 0.25) is 0 Å². The van der Waals surface area contributed by atoms with Crippen molar-refractivity contribution in [2.45, 2.75) is 18.6 Å². The van der Waals surface area contributed by atoms with Crippen molar-refractivity contribution in [1.29, 1.82) is 0 Å². The quantitative estimate of drug-likeness (QED) is 0.659. The van der Waals surface area contributed by atoms with Gasteiger partial charge in [0, 0.05) is 6.04 Å². The summed E-state index contributed by atoms with van der Waals surface area (Å²) >= 11 is 0. The van der Waals surface area contributed by atoms with Gasteiger partial charge >= 0.3 is 0 Å². The Bertz CT molecular complexity index is 289. The van der Waals surface area contributed by atoms with Crippen LogP contribution in [0.5, 0.6) is 0 Å². The largest absolute Gasteiger partial charge is 0.379 e. The predicted octanol–water partition coefficient (Wildman–Crippen LogP) is 0.550. The highest BCUT2D eigenvalue weighted by molar-refractivity contribution is 5.17. The third kappa shape index (κ3) is 2.90. The molecule has 68 valence electrons. The third-order valence-electron chi connectivity index (χ3n) is 1.89. The van der Waals surface area contributed by atoms with Gasteiger partial charge < -0.3 is 10.8 Å². The molecule has 2 nitrogen and oxygen atoms in total. The Morgan fingerprint density at radius 3 is 2.54 bits per heavy atom. The molecule has 1 aromatic carbocycles. The van der Waals surface area contributed by atoms with Gasteiger partial charge in [-0.3, -0.25) is 0 Å². The van der Waals surface area contributed by atoms with Gasteiger partial charge in [0.05, 0.1) is 0 Å². The maximum absolute atomic E-state index is 9.23. The van der Waals surface area contributed by atoms with E-state index in [2.05, 4.69) is 5.92 Å². The average Bonchev–Trinajstić information content (AvgIpc) is 2.18. The van der Waals surface area contributed by atoms with Gasteiger partial charge in [0.15, 0.2) is 0 Å². The Morgan fingerprint density at radius 2 is 2.00 bits per heavy atom. The molecule has 1 rings (SSSR count). The maximum atomic E-state index is 9.23. The van der Waals surface area contributed by atoms with Gasteiger partial charge in [-0.05, 0) is 12.0 Å². The number of hydrogen-bond donors (Lipinski definition) is 2. The van der Waals surface area contributed by atoms with Gasteiger partial charge in [-0.1, -0.05) is 36.3 Å². The minimum atomic E-state index is -0.861. The molecule has 0 aliphatic heterocycles. The third-order valence-corrected chi connectivity index (χ3v) is 1.89. The summed E-state index contributed by atoms with van der Waals surface area (Å²) in [6.07, 6.45) is 4.79. The highest BCUT2D eigenvalue weighted by atomic mass is 16.3. The van der Waals surface area contributed by atoms with Crippen molar-refractivity contribution in [1.82, 2.24) is 0 Å². The standard InChI is InChI=1S/C11H13NO/c1-2-11(13)10(12)8-9-6-4-3-5-7-9/h1,3-7,10-11,13H,8,12H2/t10-,11+/m1/s1. The lowest BCUT2D eigenvalue weighted by Gasteiger charge is -2.13. The van der Waals surface area contributed by atoms with E-state index in [0.29, 0.717) is 6.42 Å². The Hall–Kier alpha value is -1.30. The average molecular weight is 175 g/mol. The fourth-order valence-corrected chi connectivity index (χ4v) is 1.12. The van der Waals surface area contributed by atoms with Crippen LogP contribution in [0.2, 0.25) is 0 Å². The van der Waals surface area contributed by atoms with Crippen molar-refractivity contribution >= 4 is 0 Å². The molecule has 0 aromatic heterocycles. The first kappa shape index (κ1) is 9.79. The van der Waals surface area contributed by atoms with Gasteiger partial charge in [-0.2, -0.15) is 0 Å². The van der Waals surface area contributed by atoms with Gasteiger partial charge in [0.1, 0.15) is 6.10 Å². The highest BCUT2D eigenvalue weighted by Gasteiger charge is 2.11. The van der Waals surface area contributed by atoms with Crippen LogP contribution >= 0.6 is 0 Å². The van der Waals surface area contributed by atoms with E-state index in [-0.39, 0.29) is 6.04 Å². The predicted molar refractivity (Wildman–Crippen MR) is 53.0 cm³/mol. The zero-order valence-corrected chi connectivity index (χ0v) is 7.35. The minimum absolute atomic E-state index is 0.382. The Morgan fingerprint density at radius 1 is 1.38 bits per heavy atom. The Balaban J connectivity index is 2.56. The van der Waals surface area contributed by atoms with Crippen LogP contribution < -0.4 is 5.73 Å². The number of benzene rings is 1. The summed E-state index contributed by atoms with van der Waals surface area (Å²) < 4.78 is 0. The van der Waals surface area contributed by atoms with Gasteiger partial charge in [-0.15, -0.1) is 6.42 Å². The summed E-state index contributed by atoms with van der Waals surface area (Å²) in [7, 11) is 0. The topological polar surface area (TPSA) is 46.2 Å². The van der Waals surface area contributed by atoms with Crippen molar-refractivity contribution in [2.75, 3.05) is 0 Å². The van der Waals surface area contributed by atoms with Crippen LogP contribution in [-0.2, 0) is 6.42 Å². The van der Waals surface area contributed by atoms with Gasteiger partial charge in [-0.25, -0.2) is 0 Å². The van der Waals surface area contributed by atoms with Crippen LogP contribution in [0.3, 0.4) is 0 Å². The lowest BCUT2D eigenvalue weighted by atomic mass is 10.0. The Labute approximate surface area is 78.4 Å². The molecule has 0 amide bonds. The van der Waals surface area contributed by atoms with Crippen LogP contribution in [0.15, 0.2) is 30.3 Å². The van der Waals surface area contributed by atoms with E-state index in [9.17, 15) is 5.11 Å².